The molecule has 1 heterocycles. The number of ether oxygens (including phenoxy) is 1. The van der Waals surface area contributed by atoms with Crippen molar-refractivity contribution in [1.29, 1.82) is 0 Å². The number of quaternary nitrogens is 1. The molecule has 0 aliphatic carbocycles. The van der Waals surface area contributed by atoms with Gasteiger partial charge >= 0.3 is 0 Å². The zero-order valence-electron chi connectivity index (χ0n) is 17.4. The lowest BCUT2D eigenvalue weighted by molar-refractivity contribution is -0.857. The number of fused-ring (bicyclic) bond motifs is 1. The van der Waals surface area contributed by atoms with E-state index in [2.05, 4.69) is 36.2 Å². The summed E-state index contributed by atoms with van der Waals surface area (Å²) in [6, 6.07) is 7.67. The molecule has 6 nitrogen and oxygen atoms in total. The highest BCUT2D eigenvalue weighted by molar-refractivity contribution is 7.80. The van der Waals surface area contributed by atoms with E-state index < -0.39 is 0 Å². The summed E-state index contributed by atoms with van der Waals surface area (Å²) in [5.41, 5.74) is 1.44. The number of pyridine rings is 1. The third-order valence-corrected chi connectivity index (χ3v) is 4.94. The summed E-state index contributed by atoms with van der Waals surface area (Å²) >= 11 is 5.61. The van der Waals surface area contributed by atoms with Crippen molar-refractivity contribution in [3.8, 4) is 5.75 Å². The van der Waals surface area contributed by atoms with Crippen LogP contribution in [0, 0.1) is 0 Å². The summed E-state index contributed by atoms with van der Waals surface area (Å²) in [6.07, 6.45) is 2.19. The average Bonchev–Trinajstić information content (AvgIpc) is 2.65. The minimum atomic E-state index is -0.0739. The number of benzene rings is 1. The van der Waals surface area contributed by atoms with E-state index in [1.165, 1.54) is 4.90 Å². The average molecular weight is 406 g/mol. The Morgan fingerprint density at radius 3 is 2.75 bits per heavy atom. The predicted octanol–water partition coefficient (Wildman–Crippen LogP) is 1.55. The number of H-pyrrole nitrogens is 1. The summed E-state index contributed by atoms with van der Waals surface area (Å²) < 4.78 is 5.59. The van der Waals surface area contributed by atoms with E-state index in [9.17, 15) is 4.79 Å². The molecule has 0 saturated carbocycles. The molecule has 3 N–H and O–H groups in total. The van der Waals surface area contributed by atoms with Gasteiger partial charge in [-0.3, -0.25) is 4.79 Å². The summed E-state index contributed by atoms with van der Waals surface area (Å²) in [5.74, 6) is 0.804. The highest BCUT2D eigenvalue weighted by Crippen LogP contribution is 2.19. The first-order chi connectivity index (χ1) is 13.4. The van der Waals surface area contributed by atoms with E-state index in [0.717, 1.165) is 49.1 Å². The minimum Gasteiger partial charge on any atom is -0.494 e. The van der Waals surface area contributed by atoms with Crippen LogP contribution in [0.15, 0.2) is 29.1 Å². The molecule has 0 amide bonds. The Morgan fingerprint density at radius 1 is 1.29 bits per heavy atom. The van der Waals surface area contributed by atoms with Crippen LogP contribution in [0.2, 0.25) is 0 Å². The second-order valence-corrected chi connectivity index (χ2v) is 7.66. The van der Waals surface area contributed by atoms with Crippen LogP contribution in [0.1, 0.15) is 32.3 Å². The van der Waals surface area contributed by atoms with Gasteiger partial charge in [-0.2, -0.15) is 0 Å². The van der Waals surface area contributed by atoms with Crippen molar-refractivity contribution in [2.45, 2.75) is 33.2 Å². The van der Waals surface area contributed by atoms with Crippen LogP contribution in [0.5, 0.6) is 5.75 Å². The molecular formula is C21H33N4O2S+. The summed E-state index contributed by atoms with van der Waals surface area (Å²) in [6.45, 7) is 7.79. The standard InChI is InChI=1S/C21H32N4O2S/c1-5-7-10-22-21(28)25(12-11-24(3)4)15-17-13-16-14-18(27-6-2)8-9-19(16)23-20(17)26/h8-9,13-14H,5-7,10-12,15H2,1-4H3,(H,22,28)(H,23,26)/p+1. The first-order valence-electron chi connectivity index (χ1n) is 10.0. The molecule has 0 aliphatic rings. The van der Waals surface area contributed by atoms with Gasteiger partial charge in [0.1, 0.15) is 5.75 Å². The van der Waals surface area contributed by atoms with Crippen molar-refractivity contribution in [2.24, 2.45) is 0 Å². The van der Waals surface area contributed by atoms with Crippen molar-refractivity contribution in [1.82, 2.24) is 15.2 Å². The Balaban J connectivity index is 2.24. The fourth-order valence-corrected chi connectivity index (χ4v) is 3.16. The molecule has 0 bridgehead atoms. The summed E-state index contributed by atoms with van der Waals surface area (Å²) in [7, 11) is 4.23. The highest BCUT2D eigenvalue weighted by atomic mass is 32.1. The van der Waals surface area contributed by atoms with Crippen LogP contribution in [-0.2, 0) is 6.54 Å². The largest absolute Gasteiger partial charge is 0.494 e. The van der Waals surface area contributed by atoms with E-state index in [-0.39, 0.29) is 5.56 Å². The van der Waals surface area contributed by atoms with Crippen LogP contribution in [0.3, 0.4) is 0 Å². The van der Waals surface area contributed by atoms with Crippen molar-refractivity contribution >= 4 is 28.2 Å². The predicted molar refractivity (Wildman–Crippen MR) is 119 cm³/mol. The fraction of sp³-hybridized carbons (Fsp3) is 0.524. The van der Waals surface area contributed by atoms with E-state index >= 15 is 0 Å². The maximum atomic E-state index is 12.6. The van der Waals surface area contributed by atoms with Crippen molar-refractivity contribution in [2.75, 3.05) is 40.3 Å². The maximum Gasteiger partial charge on any atom is 0.253 e. The third kappa shape index (κ3) is 6.49. The Kier molecular flexibility index (Phi) is 8.73. The maximum absolute atomic E-state index is 12.6. The SMILES string of the molecule is CCCCNC(=S)N(CC[NH+](C)C)Cc1cc2cc(OCC)ccc2[nH]c1=O. The Morgan fingerprint density at radius 2 is 2.07 bits per heavy atom. The zero-order chi connectivity index (χ0) is 20.5. The van der Waals surface area contributed by atoms with E-state index in [1.807, 2.05) is 31.2 Å². The van der Waals surface area contributed by atoms with Crippen LogP contribution in [0.4, 0.5) is 0 Å². The number of hydrogen-bond acceptors (Lipinski definition) is 3. The Bertz CT molecular complexity index is 835. The zero-order valence-corrected chi connectivity index (χ0v) is 18.2. The normalized spacial score (nSPS) is 11.0. The third-order valence-electron chi connectivity index (χ3n) is 4.54. The molecule has 0 unspecified atom stereocenters. The summed E-state index contributed by atoms with van der Waals surface area (Å²) in [5, 5.41) is 4.99. The van der Waals surface area contributed by atoms with Crippen LogP contribution in [0.25, 0.3) is 10.9 Å². The molecule has 0 aliphatic heterocycles. The van der Waals surface area contributed by atoms with Gasteiger partial charge in [-0.1, -0.05) is 13.3 Å². The second kappa shape index (κ2) is 11.0. The lowest BCUT2D eigenvalue weighted by atomic mass is 10.1. The van der Waals surface area contributed by atoms with Gasteiger partial charge < -0.3 is 24.8 Å². The number of thiocarbonyl (C=S) groups is 1. The fourth-order valence-electron chi connectivity index (χ4n) is 2.90. The van der Waals surface area contributed by atoms with Crippen LogP contribution >= 0.6 is 12.2 Å². The number of nitrogens with zero attached hydrogens (tertiary/aromatic N) is 1. The molecule has 0 saturated heterocycles. The van der Waals surface area contributed by atoms with Gasteiger partial charge in [0.05, 0.1) is 40.3 Å². The van der Waals surface area contributed by atoms with Gasteiger partial charge in [-0.05, 0) is 49.8 Å². The van der Waals surface area contributed by atoms with Crippen LogP contribution < -0.4 is 20.5 Å². The van der Waals surface area contributed by atoms with Gasteiger partial charge in [0, 0.05) is 23.0 Å². The highest BCUT2D eigenvalue weighted by Gasteiger charge is 2.14. The minimum absolute atomic E-state index is 0.0739. The molecule has 1 aromatic heterocycles. The number of likely N-dealkylation sites (N-methyl/N-ethyl adjacent to an activating group) is 1. The quantitative estimate of drug-likeness (QED) is 0.414. The van der Waals surface area contributed by atoms with E-state index in [4.69, 9.17) is 17.0 Å². The molecule has 28 heavy (non-hydrogen) atoms. The smallest absolute Gasteiger partial charge is 0.253 e. The first kappa shape index (κ1) is 22.2. The van der Waals surface area contributed by atoms with Gasteiger partial charge in [0.2, 0.25) is 0 Å². The van der Waals surface area contributed by atoms with Crippen LogP contribution in [-0.4, -0.2) is 55.3 Å². The Hall–Kier alpha value is -2.12. The van der Waals surface area contributed by atoms with Crippen molar-refractivity contribution in [3.63, 3.8) is 0 Å². The lowest BCUT2D eigenvalue weighted by Crippen LogP contribution is -3.06. The van der Waals surface area contributed by atoms with Gasteiger partial charge in [-0.15, -0.1) is 0 Å². The number of unbranched alkanes of at least 4 members (excludes halogenated alkanes) is 1. The molecule has 2 rings (SSSR count). The number of nitrogens with one attached hydrogen (secondary N) is 3. The van der Waals surface area contributed by atoms with Gasteiger partial charge in [0.25, 0.3) is 5.56 Å². The molecule has 1 aromatic carbocycles. The molecule has 0 atom stereocenters. The number of aromatic nitrogens is 1. The number of rotatable bonds is 10. The molecule has 154 valence electrons. The monoisotopic (exact) mass is 405 g/mol. The van der Waals surface area contributed by atoms with Crippen molar-refractivity contribution in [3.05, 3.63) is 40.2 Å². The first-order valence-corrected chi connectivity index (χ1v) is 10.5. The molecular weight excluding hydrogens is 372 g/mol. The molecule has 0 radical (unpaired) electrons. The molecule has 2 aromatic rings. The topological polar surface area (TPSA) is 61.8 Å². The van der Waals surface area contributed by atoms with Gasteiger partial charge in [-0.25, -0.2) is 0 Å². The molecule has 0 spiro atoms. The lowest BCUT2D eigenvalue weighted by Gasteiger charge is -2.26. The number of aromatic amines is 1. The summed E-state index contributed by atoms with van der Waals surface area (Å²) in [4.78, 5) is 19.0. The van der Waals surface area contributed by atoms with Crippen molar-refractivity contribution < 1.29 is 9.64 Å². The number of hydrogen-bond donors (Lipinski definition) is 3. The van der Waals surface area contributed by atoms with Gasteiger partial charge in [0.15, 0.2) is 5.11 Å². The van der Waals surface area contributed by atoms with E-state index in [0.29, 0.717) is 23.8 Å². The molecule has 0 fully saturated rings. The second-order valence-electron chi connectivity index (χ2n) is 7.27. The van der Waals surface area contributed by atoms with E-state index in [1.54, 1.807) is 0 Å². The Labute approximate surface area is 172 Å². The molecule has 7 heteroatoms.